The molecule has 2 heterocycles. The van der Waals surface area contributed by atoms with Gasteiger partial charge in [0.25, 0.3) is 6.43 Å². The molecular formula is C13H16BrF2N5O. The molecule has 1 N–H and O–H groups in total. The molecule has 22 heavy (non-hydrogen) atoms. The number of alkyl halides is 2. The van der Waals surface area contributed by atoms with E-state index in [2.05, 4.69) is 31.4 Å². The van der Waals surface area contributed by atoms with Crippen molar-refractivity contribution in [3.05, 3.63) is 34.3 Å². The number of carbonyl (C=O) groups is 1. The number of hydrogen-bond donors (Lipinski definition) is 1. The van der Waals surface area contributed by atoms with Crippen molar-refractivity contribution in [2.75, 3.05) is 6.54 Å². The predicted molar refractivity (Wildman–Crippen MR) is 79.5 cm³/mol. The number of amides is 1. The van der Waals surface area contributed by atoms with Crippen LogP contribution in [0.3, 0.4) is 0 Å². The molecule has 9 heteroatoms. The monoisotopic (exact) mass is 375 g/mol. The first kappa shape index (κ1) is 16.6. The maximum Gasteiger partial charge on any atom is 0.283 e. The van der Waals surface area contributed by atoms with E-state index in [0.717, 1.165) is 6.42 Å². The lowest BCUT2D eigenvalue weighted by Crippen LogP contribution is -2.29. The number of aromatic nitrogens is 4. The fourth-order valence-corrected chi connectivity index (χ4v) is 2.39. The smallest absolute Gasteiger partial charge is 0.283 e. The molecule has 0 saturated carbocycles. The zero-order chi connectivity index (χ0) is 16.1. The Kier molecular flexibility index (Phi) is 5.64. The van der Waals surface area contributed by atoms with Crippen LogP contribution in [0, 0.1) is 6.92 Å². The van der Waals surface area contributed by atoms with Gasteiger partial charge >= 0.3 is 0 Å². The second-order valence-corrected chi connectivity index (χ2v) is 5.51. The number of nitrogens with one attached hydrogen (secondary N) is 1. The highest BCUT2D eigenvalue weighted by atomic mass is 79.9. The van der Waals surface area contributed by atoms with E-state index in [1.165, 1.54) is 4.68 Å². The Bertz CT molecular complexity index is 627. The van der Waals surface area contributed by atoms with E-state index in [1.54, 1.807) is 17.8 Å². The summed E-state index contributed by atoms with van der Waals surface area (Å²) in [5.41, 5.74) is 0.158. The standard InChI is InChI=1S/C13H16BrF2N5O/c1-9-11(14)12(13(15)16)19-21(9)8-10(22)17-4-2-6-20-7-3-5-18-20/h3,5,7,13H,2,4,6,8H2,1H3,(H,17,22). The molecule has 0 radical (unpaired) electrons. The van der Waals surface area contributed by atoms with Crippen molar-refractivity contribution in [1.29, 1.82) is 0 Å². The van der Waals surface area contributed by atoms with Gasteiger partial charge in [0.05, 0.1) is 10.2 Å². The Morgan fingerprint density at radius 2 is 2.27 bits per heavy atom. The molecule has 120 valence electrons. The predicted octanol–water partition coefficient (Wildman–Crippen LogP) is 2.29. The first-order valence-corrected chi connectivity index (χ1v) is 7.53. The minimum Gasteiger partial charge on any atom is -0.354 e. The van der Waals surface area contributed by atoms with E-state index in [0.29, 0.717) is 18.8 Å². The largest absolute Gasteiger partial charge is 0.354 e. The Hall–Kier alpha value is -1.77. The van der Waals surface area contributed by atoms with Crippen molar-refractivity contribution in [3.63, 3.8) is 0 Å². The average Bonchev–Trinajstić information content (AvgIpc) is 3.07. The van der Waals surface area contributed by atoms with Crippen LogP contribution in [0.25, 0.3) is 0 Å². The van der Waals surface area contributed by atoms with Crippen LogP contribution in [0.15, 0.2) is 22.9 Å². The summed E-state index contributed by atoms with van der Waals surface area (Å²) in [6, 6.07) is 1.83. The quantitative estimate of drug-likeness (QED) is 0.755. The summed E-state index contributed by atoms with van der Waals surface area (Å²) in [5.74, 6) is -0.264. The van der Waals surface area contributed by atoms with Gasteiger partial charge in [0.15, 0.2) is 0 Å². The van der Waals surface area contributed by atoms with Gasteiger partial charge in [-0.15, -0.1) is 0 Å². The topological polar surface area (TPSA) is 64.7 Å². The maximum absolute atomic E-state index is 12.7. The van der Waals surface area contributed by atoms with Crippen molar-refractivity contribution >= 4 is 21.8 Å². The van der Waals surface area contributed by atoms with Gasteiger partial charge in [-0.05, 0) is 35.3 Å². The van der Waals surface area contributed by atoms with E-state index in [-0.39, 0.29) is 22.6 Å². The molecule has 2 rings (SSSR count). The third-order valence-electron chi connectivity index (χ3n) is 3.10. The van der Waals surface area contributed by atoms with E-state index in [9.17, 15) is 13.6 Å². The lowest BCUT2D eigenvalue weighted by molar-refractivity contribution is -0.121. The molecule has 0 aliphatic heterocycles. The second kappa shape index (κ2) is 7.48. The van der Waals surface area contributed by atoms with Gasteiger partial charge in [0.1, 0.15) is 12.2 Å². The maximum atomic E-state index is 12.7. The highest BCUT2D eigenvalue weighted by molar-refractivity contribution is 9.10. The van der Waals surface area contributed by atoms with Crippen molar-refractivity contribution in [1.82, 2.24) is 24.9 Å². The van der Waals surface area contributed by atoms with Gasteiger partial charge < -0.3 is 5.32 Å². The Labute approximate surface area is 134 Å². The molecule has 2 aromatic rings. The highest BCUT2D eigenvalue weighted by Gasteiger charge is 2.20. The van der Waals surface area contributed by atoms with Crippen molar-refractivity contribution in [2.24, 2.45) is 0 Å². The fourth-order valence-electron chi connectivity index (χ4n) is 1.93. The third kappa shape index (κ3) is 4.12. The summed E-state index contributed by atoms with van der Waals surface area (Å²) in [5, 5.41) is 10.6. The Morgan fingerprint density at radius 1 is 1.50 bits per heavy atom. The first-order valence-electron chi connectivity index (χ1n) is 6.74. The molecule has 6 nitrogen and oxygen atoms in total. The van der Waals surface area contributed by atoms with Gasteiger partial charge in [0.2, 0.25) is 5.91 Å². The molecule has 0 bridgehead atoms. The molecule has 0 atom stereocenters. The van der Waals surface area contributed by atoms with Crippen molar-refractivity contribution < 1.29 is 13.6 Å². The minimum absolute atomic E-state index is 0.0844. The third-order valence-corrected chi connectivity index (χ3v) is 4.08. The molecule has 0 fully saturated rings. The second-order valence-electron chi connectivity index (χ2n) is 4.72. The minimum atomic E-state index is -2.67. The number of nitrogens with zero attached hydrogens (tertiary/aromatic N) is 4. The van der Waals surface area contributed by atoms with E-state index >= 15 is 0 Å². The Balaban J connectivity index is 1.80. The van der Waals surface area contributed by atoms with Crippen molar-refractivity contribution in [3.8, 4) is 0 Å². The van der Waals surface area contributed by atoms with Crippen LogP contribution in [0.5, 0.6) is 0 Å². The number of aryl methyl sites for hydroxylation is 1. The van der Waals surface area contributed by atoms with E-state index < -0.39 is 6.43 Å². The molecule has 0 aliphatic carbocycles. The van der Waals surface area contributed by atoms with Crippen LogP contribution < -0.4 is 5.32 Å². The molecular weight excluding hydrogens is 360 g/mol. The van der Waals surface area contributed by atoms with E-state index in [1.807, 2.05) is 12.3 Å². The molecule has 0 unspecified atom stereocenters. The first-order chi connectivity index (χ1) is 10.5. The molecule has 0 aromatic carbocycles. The van der Waals surface area contributed by atoms with Crippen LogP contribution in [-0.4, -0.2) is 32.0 Å². The number of rotatable bonds is 7. The normalized spacial score (nSPS) is 11.1. The van der Waals surface area contributed by atoms with Gasteiger partial charge in [0, 0.05) is 25.5 Å². The summed E-state index contributed by atoms with van der Waals surface area (Å²) in [7, 11) is 0. The summed E-state index contributed by atoms with van der Waals surface area (Å²) in [6.07, 6.45) is 1.60. The molecule has 2 aromatic heterocycles. The highest BCUT2D eigenvalue weighted by Crippen LogP contribution is 2.28. The van der Waals surface area contributed by atoms with Crippen LogP contribution in [0.1, 0.15) is 24.2 Å². The number of carbonyl (C=O) groups excluding carboxylic acids is 1. The summed E-state index contributed by atoms with van der Waals surface area (Å²) in [4.78, 5) is 11.8. The zero-order valence-electron chi connectivity index (χ0n) is 12.0. The van der Waals surface area contributed by atoms with Crippen LogP contribution in [0.4, 0.5) is 8.78 Å². The van der Waals surface area contributed by atoms with Crippen LogP contribution in [0.2, 0.25) is 0 Å². The summed E-state index contributed by atoms with van der Waals surface area (Å²) in [6.45, 7) is 2.74. The number of halogens is 3. The molecule has 0 saturated heterocycles. The van der Waals surface area contributed by atoms with Gasteiger partial charge in [-0.25, -0.2) is 8.78 Å². The van der Waals surface area contributed by atoms with Crippen molar-refractivity contribution in [2.45, 2.75) is 32.9 Å². The lowest BCUT2D eigenvalue weighted by atomic mass is 10.4. The molecule has 1 amide bonds. The van der Waals surface area contributed by atoms with Crippen LogP contribution >= 0.6 is 15.9 Å². The van der Waals surface area contributed by atoms with Gasteiger partial charge in [-0.1, -0.05) is 0 Å². The lowest BCUT2D eigenvalue weighted by Gasteiger charge is -2.07. The van der Waals surface area contributed by atoms with Crippen LogP contribution in [-0.2, 0) is 17.9 Å². The fraction of sp³-hybridized carbons (Fsp3) is 0.462. The van der Waals surface area contributed by atoms with Gasteiger partial charge in [-0.3, -0.25) is 14.2 Å². The Morgan fingerprint density at radius 3 is 2.86 bits per heavy atom. The molecule has 0 spiro atoms. The summed E-state index contributed by atoms with van der Waals surface area (Å²) >= 11 is 3.07. The SMILES string of the molecule is Cc1c(Br)c(C(F)F)nn1CC(=O)NCCCn1cccn1. The zero-order valence-corrected chi connectivity index (χ0v) is 13.6. The van der Waals surface area contributed by atoms with E-state index in [4.69, 9.17) is 0 Å². The average molecular weight is 376 g/mol. The van der Waals surface area contributed by atoms with Gasteiger partial charge in [-0.2, -0.15) is 10.2 Å². The molecule has 0 aliphatic rings. The summed E-state index contributed by atoms with van der Waals surface area (Å²) < 4.78 is 28.7. The number of hydrogen-bond acceptors (Lipinski definition) is 3.